The Morgan fingerprint density at radius 1 is 0.581 bits per heavy atom. The molecule has 0 atom stereocenters. The van der Waals surface area contributed by atoms with E-state index in [1.807, 2.05) is 121 Å². The molecule has 13 nitrogen and oxygen atoms in total. The fraction of sp³-hybridized carbons (Fsp3) is 0.122. The molecule has 0 unspecified atom stereocenters. The predicted molar refractivity (Wildman–Crippen MR) is 230 cm³/mol. The number of ketones is 1. The molecule has 0 aliphatic heterocycles. The average Bonchev–Trinajstić information content (AvgIpc) is 4.01. The van der Waals surface area contributed by atoms with Crippen LogP contribution in [0.4, 0.5) is 0 Å². The van der Waals surface area contributed by atoms with Crippen LogP contribution in [0.5, 0.6) is 11.5 Å². The third-order valence-electron chi connectivity index (χ3n) is 9.07. The minimum absolute atomic E-state index is 0.0271. The van der Waals surface area contributed by atoms with Gasteiger partial charge in [0.25, 0.3) is 0 Å². The molecule has 0 amide bonds. The van der Waals surface area contributed by atoms with Gasteiger partial charge in [0.2, 0.25) is 0 Å². The van der Waals surface area contributed by atoms with Gasteiger partial charge >= 0.3 is 11.9 Å². The minimum Gasteiger partial charge on any atom is -0.488 e. The summed E-state index contributed by atoms with van der Waals surface area (Å²) in [6.45, 7) is 2.48. The highest BCUT2D eigenvalue weighted by atomic mass is 16.5. The molecule has 0 aliphatic carbocycles. The number of carbonyl (C=O) groups is 3. The van der Waals surface area contributed by atoms with Crippen LogP contribution in [-0.4, -0.2) is 58.6 Å². The van der Waals surface area contributed by atoms with Gasteiger partial charge in [-0.15, -0.1) is 0 Å². The number of esters is 1. The molecule has 4 aromatic carbocycles. The summed E-state index contributed by atoms with van der Waals surface area (Å²) in [4.78, 5) is 45.2. The average molecular weight is 823 g/mol. The van der Waals surface area contributed by atoms with E-state index in [9.17, 15) is 19.5 Å². The number of nitrogens with zero attached hydrogens (tertiary/aromatic N) is 6. The zero-order valence-corrected chi connectivity index (χ0v) is 33.5. The van der Waals surface area contributed by atoms with Crippen molar-refractivity contribution in [3.05, 3.63) is 191 Å². The second kappa shape index (κ2) is 20.4. The van der Waals surface area contributed by atoms with Gasteiger partial charge in [-0.25, -0.2) is 23.8 Å². The quantitative estimate of drug-likeness (QED) is 0.0733. The summed E-state index contributed by atoms with van der Waals surface area (Å²) in [5.74, 6) is 11.0. The van der Waals surface area contributed by atoms with E-state index >= 15 is 0 Å². The van der Waals surface area contributed by atoms with Crippen LogP contribution in [0.25, 0.3) is 11.3 Å². The molecular weight excluding hydrogens is 785 g/mol. The number of hydrogen-bond donors (Lipinski definition) is 1. The number of ether oxygens (including phenoxy) is 3. The number of fused-ring (bicyclic) bond motifs is 2. The molecule has 306 valence electrons. The molecule has 4 heterocycles. The fourth-order valence-electron chi connectivity index (χ4n) is 6.14. The number of aromatic carboxylic acids is 1. The fourth-order valence-corrected chi connectivity index (χ4v) is 6.14. The van der Waals surface area contributed by atoms with Crippen molar-refractivity contribution in [3.8, 4) is 35.2 Å². The van der Waals surface area contributed by atoms with Crippen LogP contribution in [0, 0.1) is 23.7 Å². The number of hydrogen-bond acceptors (Lipinski definition) is 10. The van der Waals surface area contributed by atoms with Crippen molar-refractivity contribution < 1.29 is 33.7 Å². The van der Waals surface area contributed by atoms with E-state index in [0.717, 1.165) is 22.3 Å². The van der Waals surface area contributed by atoms with E-state index in [4.69, 9.17) is 14.2 Å². The van der Waals surface area contributed by atoms with Crippen LogP contribution >= 0.6 is 0 Å². The van der Waals surface area contributed by atoms with Crippen molar-refractivity contribution in [2.24, 2.45) is 0 Å². The molecule has 0 spiro atoms. The zero-order chi connectivity index (χ0) is 43.1. The van der Waals surface area contributed by atoms with Crippen molar-refractivity contribution in [1.82, 2.24) is 29.2 Å². The number of aromatic nitrogens is 6. The number of pyridine rings is 2. The van der Waals surface area contributed by atoms with Crippen molar-refractivity contribution in [1.29, 1.82) is 0 Å². The summed E-state index contributed by atoms with van der Waals surface area (Å²) in [5, 5.41) is 18.1. The Kier molecular flexibility index (Phi) is 13.7. The summed E-state index contributed by atoms with van der Waals surface area (Å²) >= 11 is 0. The first kappa shape index (κ1) is 41.6. The molecule has 1 N–H and O–H groups in total. The second-order valence-electron chi connectivity index (χ2n) is 13.3. The van der Waals surface area contributed by atoms with Gasteiger partial charge < -0.3 is 19.3 Å². The zero-order valence-electron chi connectivity index (χ0n) is 33.5. The van der Waals surface area contributed by atoms with E-state index in [0.29, 0.717) is 22.8 Å². The van der Waals surface area contributed by atoms with Gasteiger partial charge in [-0.1, -0.05) is 109 Å². The number of rotatable bonds is 12. The Labute approximate surface area is 356 Å². The third kappa shape index (κ3) is 10.5. The highest BCUT2D eigenvalue weighted by molar-refractivity contribution is 6.05. The van der Waals surface area contributed by atoms with Gasteiger partial charge in [0, 0.05) is 29.7 Å². The smallest absolute Gasteiger partial charge is 0.343 e. The lowest BCUT2D eigenvalue weighted by atomic mass is 10.1. The van der Waals surface area contributed by atoms with E-state index in [1.54, 1.807) is 19.1 Å². The van der Waals surface area contributed by atoms with Crippen LogP contribution in [0.15, 0.2) is 146 Å². The molecule has 0 fully saturated rings. The van der Waals surface area contributed by atoms with Crippen LogP contribution in [0.2, 0.25) is 0 Å². The Hall–Kier alpha value is -8.55. The van der Waals surface area contributed by atoms with Gasteiger partial charge in [-0.05, 0) is 54.2 Å². The Bertz CT molecular complexity index is 2950. The first-order chi connectivity index (χ1) is 30.4. The number of carbonyl (C=O) groups excluding carboxylic acids is 2. The van der Waals surface area contributed by atoms with E-state index < -0.39 is 11.9 Å². The van der Waals surface area contributed by atoms with Crippen molar-refractivity contribution in [2.75, 3.05) is 6.61 Å². The lowest BCUT2D eigenvalue weighted by molar-refractivity contribution is -0.143. The molecule has 0 saturated carbocycles. The van der Waals surface area contributed by atoms with Gasteiger partial charge in [0.1, 0.15) is 59.9 Å². The highest BCUT2D eigenvalue weighted by Gasteiger charge is 2.23. The summed E-state index contributed by atoms with van der Waals surface area (Å²) in [5.41, 5.74) is 5.32. The van der Waals surface area contributed by atoms with Crippen LogP contribution in [0.3, 0.4) is 0 Å². The standard InChI is InChI=1S/C27H23N3O4.C22H15N3O3/c1-2-33-25(32)16-15-23(31)26-24(34-18-21-11-7-4-8-12-21)17-22(30-27(26)28-19-29-30)14-13-20-9-5-3-6-10-20;26-22(27)20-19(28-14-17-9-5-2-6-10-17)13-18(25-21(20)23-15-24-25)12-11-16-7-3-1-4-8-16/h3-12,17,19H,2,15-16,18H2,1H3;1-10,13,15H,14H2,(H,26,27). The normalized spacial score (nSPS) is 10.3. The lowest BCUT2D eigenvalue weighted by Crippen LogP contribution is -2.12. The van der Waals surface area contributed by atoms with Crippen LogP contribution < -0.4 is 9.47 Å². The molecule has 4 aromatic heterocycles. The van der Waals surface area contributed by atoms with Crippen molar-refractivity contribution in [3.63, 3.8) is 0 Å². The molecule has 8 rings (SSSR count). The Balaban J connectivity index is 0.000000190. The van der Waals surface area contributed by atoms with Gasteiger partial charge in [0.05, 0.1) is 13.0 Å². The van der Waals surface area contributed by atoms with Crippen LogP contribution in [-0.2, 0) is 22.7 Å². The topological polar surface area (TPSA) is 160 Å². The maximum absolute atomic E-state index is 13.2. The predicted octanol–water partition coefficient (Wildman–Crippen LogP) is 7.64. The largest absolute Gasteiger partial charge is 0.488 e. The maximum Gasteiger partial charge on any atom is 0.343 e. The molecule has 0 radical (unpaired) electrons. The number of benzene rings is 4. The van der Waals surface area contributed by atoms with Gasteiger partial charge in [-0.3, -0.25) is 9.59 Å². The van der Waals surface area contributed by atoms with Crippen molar-refractivity contribution >= 4 is 29.0 Å². The van der Waals surface area contributed by atoms with Crippen molar-refractivity contribution in [2.45, 2.75) is 33.0 Å². The molecule has 8 aromatic rings. The summed E-state index contributed by atoms with van der Waals surface area (Å²) in [6, 6.07) is 41.5. The third-order valence-corrected chi connectivity index (χ3v) is 9.07. The van der Waals surface area contributed by atoms with E-state index in [2.05, 4.69) is 43.8 Å². The Morgan fingerprint density at radius 3 is 1.47 bits per heavy atom. The summed E-state index contributed by atoms with van der Waals surface area (Å²) in [7, 11) is 0. The van der Waals surface area contributed by atoms with E-state index in [1.165, 1.54) is 21.7 Å². The molecule has 0 bridgehead atoms. The summed E-state index contributed by atoms with van der Waals surface area (Å²) < 4.78 is 19.8. The molecular formula is C49H38N6O7. The SMILES string of the molecule is CCOC(=O)CCC(=O)c1c(OCc2ccccc2)cc(C#Cc2ccccc2)n2ncnc12.O=C(O)c1c(OCc2ccccc2)cc(C#Cc2ccccc2)n2ncnc12. The second-order valence-corrected chi connectivity index (χ2v) is 13.3. The molecule has 13 heteroatoms. The molecule has 0 aliphatic rings. The summed E-state index contributed by atoms with van der Waals surface area (Å²) in [6.07, 6.45) is 2.61. The monoisotopic (exact) mass is 822 g/mol. The molecule has 0 saturated heterocycles. The first-order valence-corrected chi connectivity index (χ1v) is 19.5. The number of carboxylic acid groups (broad SMARTS) is 1. The van der Waals surface area contributed by atoms with Gasteiger partial charge in [-0.2, -0.15) is 10.2 Å². The minimum atomic E-state index is -1.14. The van der Waals surface area contributed by atoms with E-state index in [-0.39, 0.29) is 61.0 Å². The van der Waals surface area contributed by atoms with Gasteiger partial charge in [0.15, 0.2) is 17.1 Å². The number of Topliss-reactive ketones (excluding diaryl/α,β-unsaturated/α-hetero) is 1. The lowest BCUT2D eigenvalue weighted by Gasteiger charge is -2.13. The maximum atomic E-state index is 13.2. The number of carboxylic acids is 1. The first-order valence-electron chi connectivity index (χ1n) is 19.5. The Morgan fingerprint density at radius 2 is 1.02 bits per heavy atom. The van der Waals surface area contributed by atoms with Crippen LogP contribution in [0.1, 0.15) is 74.1 Å². The molecule has 62 heavy (non-hydrogen) atoms. The highest BCUT2D eigenvalue weighted by Crippen LogP contribution is 2.28.